The first-order valence-electron chi connectivity index (χ1n) is 3.79. The Morgan fingerprint density at radius 2 is 2.18 bits per heavy atom. The molecule has 0 saturated carbocycles. The zero-order valence-corrected chi connectivity index (χ0v) is 7.33. The summed E-state index contributed by atoms with van der Waals surface area (Å²) in [6, 6.07) is 0. The highest BCUT2D eigenvalue weighted by Crippen LogP contribution is 2.16. The lowest BCUT2D eigenvalue weighted by Crippen LogP contribution is -2.16. The van der Waals surface area contributed by atoms with Crippen LogP contribution in [-0.2, 0) is 0 Å². The van der Waals surface area contributed by atoms with Crippen molar-refractivity contribution >= 4 is 6.21 Å². The van der Waals surface area contributed by atoms with Crippen molar-refractivity contribution in [3.8, 4) is 0 Å². The van der Waals surface area contributed by atoms with Gasteiger partial charge in [0.1, 0.15) is 0 Å². The van der Waals surface area contributed by atoms with Gasteiger partial charge in [0.05, 0.1) is 17.6 Å². The van der Waals surface area contributed by atoms with Crippen LogP contribution in [0.5, 0.6) is 0 Å². The SMILES string of the molecule is C=C1C=NC(C(C)C)=CN1C. The Hall–Kier alpha value is -1.05. The van der Waals surface area contributed by atoms with E-state index in [0.717, 1.165) is 11.4 Å². The molecule has 0 amide bonds. The first-order valence-corrected chi connectivity index (χ1v) is 3.79. The van der Waals surface area contributed by atoms with Gasteiger partial charge in [0.25, 0.3) is 0 Å². The van der Waals surface area contributed by atoms with E-state index < -0.39 is 0 Å². The van der Waals surface area contributed by atoms with E-state index in [1.54, 1.807) is 6.21 Å². The molecule has 0 aliphatic carbocycles. The summed E-state index contributed by atoms with van der Waals surface area (Å²) in [6.45, 7) is 8.08. The number of rotatable bonds is 1. The van der Waals surface area contributed by atoms with Gasteiger partial charge < -0.3 is 4.90 Å². The van der Waals surface area contributed by atoms with Crippen molar-refractivity contribution in [2.24, 2.45) is 10.9 Å². The van der Waals surface area contributed by atoms with Gasteiger partial charge in [0.2, 0.25) is 0 Å². The van der Waals surface area contributed by atoms with Crippen LogP contribution in [0.2, 0.25) is 0 Å². The topological polar surface area (TPSA) is 15.6 Å². The molecule has 0 aromatic rings. The first-order chi connectivity index (χ1) is 5.11. The summed E-state index contributed by atoms with van der Waals surface area (Å²) in [5, 5.41) is 0. The Balaban J connectivity index is 2.80. The fourth-order valence-electron chi connectivity index (χ4n) is 0.853. The van der Waals surface area contributed by atoms with Gasteiger partial charge >= 0.3 is 0 Å². The Morgan fingerprint density at radius 3 is 2.64 bits per heavy atom. The summed E-state index contributed by atoms with van der Waals surface area (Å²) in [6.07, 6.45) is 3.82. The molecule has 0 unspecified atom stereocenters. The molecule has 1 rings (SSSR count). The second kappa shape index (κ2) is 2.91. The lowest BCUT2D eigenvalue weighted by molar-refractivity contribution is 0.570. The minimum Gasteiger partial charge on any atom is -0.348 e. The molecule has 1 aliphatic rings. The summed E-state index contributed by atoms with van der Waals surface area (Å²) in [7, 11) is 1.98. The first kappa shape index (κ1) is 8.05. The Labute approximate surface area is 67.9 Å². The van der Waals surface area contributed by atoms with E-state index in [0.29, 0.717) is 5.92 Å². The number of aliphatic imine (C=N–C) groups is 1. The van der Waals surface area contributed by atoms with E-state index in [4.69, 9.17) is 0 Å². The number of hydrogen-bond donors (Lipinski definition) is 0. The van der Waals surface area contributed by atoms with Gasteiger partial charge in [-0.2, -0.15) is 0 Å². The molecule has 1 aliphatic heterocycles. The Kier molecular flexibility index (Phi) is 2.13. The van der Waals surface area contributed by atoms with Crippen LogP contribution in [-0.4, -0.2) is 18.2 Å². The van der Waals surface area contributed by atoms with E-state index in [1.807, 2.05) is 18.1 Å². The van der Waals surface area contributed by atoms with Gasteiger partial charge in [-0.1, -0.05) is 20.4 Å². The second-order valence-electron chi connectivity index (χ2n) is 3.07. The van der Waals surface area contributed by atoms with Gasteiger partial charge in [0, 0.05) is 13.2 Å². The summed E-state index contributed by atoms with van der Waals surface area (Å²) in [4.78, 5) is 6.24. The lowest BCUT2D eigenvalue weighted by Gasteiger charge is -2.20. The normalized spacial score (nSPS) is 17.6. The van der Waals surface area contributed by atoms with Crippen molar-refractivity contribution in [1.29, 1.82) is 0 Å². The van der Waals surface area contributed by atoms with E-state index >= 15 is 0 Å². The van der Waals surface area contributed by atoms with Crippen LogP contribution >= 0.6 is 0 Å². The molecule has 0 saturated heterocycles. The van der Waals surface area contributed by atoms with Crippen molar-refractivity contribution in [3.05, 3.63) is 24.2 Å². The standard InChI is InChI=1S/C9H14N2/c1-7(2)9-6-11(4)8(3)5-10-9/h5-7H,3H2,1-2,4H3. The van der Waals surface area contributed by atoms with Gasteiger partial charge in [-0.3, -0.25) is 4.99 Å². The molecule has 0 fully saturated rings. The van der Waals surface area contributed by atoms with Crippen LogP contribution in [0.4, 0.5) is 0 Å². The largest absolute Gasteiger partial charge is 0.348 e. The highest BCUT2D eigenvalue weighted by atomic mass is 15.1. The third-order valence-electron chi connectivity index (χ3n) is 1.73. The Bertz CT molecular complexity index is 224. The van der Waals surface area contributed by atoms with Crippen LogP contribution in [0.3, 0.4) is 0 Å². The quantitative estimate of drug-likeness (QED) is 0.558. The van der Waals surface area contributed by atoms with Gasteiger partial charge in [0.15, 0.2) is 0 Å². The maximum atomic E-state index is 4.26. The second-order valence-corrected chi connectivity index (χ2v) is 3.07. The molecule has 0 radical (unpaired) electrons. The molecule has 0 bridgehead atoms. The van der Waals surface area contributed by atoms with Crippen molar-refractivity contribution in [1.82, 2.24) is 4.90 Å². The van der Waals surface area contributed by atoms with Crippen LogP contribution in [0, 0.1) is 5.92 Å². The molecule has 2 nitrogen and oxygen atoms in total. The van der Waals surface area contributed by atoms with Crippen LogP contribution in [0.1, 0.15) is 13.8 Å². The third-order valence-corrected chi connectivity index (χ3v) is 1.73. The molecule has 0 atom stereocenters. The van der Waals surface area contributed by atoms with Crippen LogP contribution in [0.15, 0.2) is 29.2 Å². The molecule has 2 heteroatoms. The van der Waals surface area contributed by atoms with Crippen molar-refractivity contribution in [2.75, 3.05) is 7.05 Å². The zero-order chi connectivity index (χ0) is 8.43. The molecule has 1 heterocycles. The minimum atomic E-state index is 0.488. The Morgan fingerprint density at radius 1 is 1.55 bits per heavy atom. The average molecular weight is 150 g/mol. The van der Waals surface area contributed by atoms with Gasteiger partial charge in [-0.25, -0.2) is 0 Å². The molecule has 0 aromatic heterocycles. The van der Waals surface area contributed by atoms with Crippen molar-refractivity contribution < 1.29 is 0 Å². The number of nitrogens with zero attached hydrogens (tertiary/aromatic N) is 2. The number of allylic oxidation sites excluding steroid dienone is 2. The van der Waals surface area contributed by atoms with Gasteiger partial charge in [-0.15, -0.1) is 0 Å². The molecule has 11 heavy (non-hydrogen) atoms. The number of hydrogen-bond acceptors (Lipinski definition) is 2. The average Bonchev–Trinajstić information content (AvgIpc) is 1.94. The minimum absolute atomic E-state index is 0.488. The molecule has 0 N–H and O–H groups in total. The van der Waals surface area contributed by atoms with Gasteiger partial charge in [-0.05, 0) is 5.92 Å². The summed E-state index contributed by atoms with van der Waals surface area (Å²) >= 11 is 0. The zero-order valence-electron chi connectivity index (χ0n) is 7.33. The van der Waals surface area contributed by atoms with E-state index in [2.05, 4.69) is 25.4 Å². The highest BCUT2D eigenvalue weighted by molar-refractivity contribution is 5.79. The smallest absolute Gasteiger partial charge is 0.0591 e. The van der Waals surface area contributed by atoms with E-state index in [1.165, 1.54) is 0 Å². The summed E-state index contributed by atoms with van der Waals surface area (Å²) < 4.78 is 0. The maximum absolute atomic E-state index is 4.26. The van der Waals surface area contributed by atoms with Crippen LogP contribution < -0.4 is 0 Å². The van der Waals surface area contributed by atoms with Crippen molar-refractivity contribution in [2.45, 2.75) is 13.8 Å². The van der Waals surface area contributed by atoms with Crippen molar-refractivity contribution in [3.63, 3.8) is 0 Å². The maximum Gasteiger partial charge on any atom is 0.0591 e. The highest BCUT2D eigenvalue weighted by Gasteiger charge is 2.07. The molecule has 0 aromatic carbocycles. The fraction of sp³-hybridized carbons (Fsp3) is 0.444. The molecule has 0 spiro atoms. The monoisotopic (exact) mass is 150 g/mol. The predicted octanol–water partition coefficient (Wildman–Crippen LogP) is 2.01. The summed E-state index contributed by atoms with van der Waals surface area (Å²) in [5.41, 5.74) is 2.05. The van der Waals surface area contributed by atoms with Crippen LogP contribution in [0.25, 0.3) is 0 Å². The molecular formula is C9H14N2. The predicted molar refractivity (Wildman–Crippen MR) is 48.3 cm³/mol. The lowest BCUT2D eigenvalue weighted by atomic mass is 10.1. The summed E-state index contributed by atoms with van der Waals surface area (Å²) in [5.74, 6) is 0.488. The third kappa shape index (κ3) is 1.70. The van der Waals surface area contributed by atoms with E-state index in [9.17, 15) is 0 Å². The molecular weight excluding hydrogens is 136 g/mol. The molecule has 60 valence electrons. The van der Waals surface area contributed by atoms with E-state index in [-0.39, 0.29) is 0 Å². The fourth-order valence-corrected chi connectivity index (χ4v) is 0.853.